The summed E-state index contributed by atoms with van der Waals surface area (Å²) in [6.07, 6.45) is 10.3. The van der Waals surface area contributed by atoms with E-state index in [1.54, 1.807) is 6.92 Å². The number of carbonyl (C=O) groups is 3. The first-order valence-electron chi connectivity index (χ1n) is 21.0. The molecule has 8 heteroatoms. The van der Waals surface area contributed by atoms with Gasteiger partial charge in [0.15, 0.2) is 5.78 Å². The molecule has 2 N–H and O–H groups in total. The lowest BCUT2D eigenvalue weighted by atomic mass is 9.33. The molecule has 6 aliphatic carbocycles. The van der Waals surface area contributed by atoms with Crippen LogP contribution < -0.4 is 0 Å². The predicted molar refractivity (Wildman–Crippen MR) is 204 cm³/mol. The van der Waals surface area contributed by atoms with Crippen LogP contribution in [0.25, 0.3) is 0 Å². The molecule has 0 radical (unpaired) electrons. The van der Waals surface area contributed by atoms with E-state index in [9.17, 15) is 24.6 Å². The Kier molecular flexibility index (Phi) is 10.8. The number of carbonyl (C=O) groups excluding carboxylic acids is 2. The summed E-state index contributed by atoms with van der Waals surface area (Å²) in [6, 6.07) is 0. The summed E-state index contributed by atoms with van der Waals surface area (Å²) in [5, 5.41) is 21.9. The van der Waals surface area contributed by atoms with Gasteiger partial charge >= 0.3 is 11.9 Å². The van der Waals surface area contributed by atoms with E-state index in [0.717, 1.165) is 82.5 Å². The molecule has 294 valence electrons. The molecule has 0 aromatic heterocycles. The highest BCUT2D eigenvalue weighted by Crippen LogP contribution is 2.77. The Morgan fingerprint density at radius 3 is 2.17 bits per heavy atom. The number of ketones is 1. The number of ether oxygens (including phenoxy) is 1. The smallest absolute Gasteiger partial charge is 0.306 e. The summed E-state index contributed by atoms with van der Waals surface area (Å²) in [5.41, 5.74) is 1.90. The second kappa shape index (κ2) is 14.1. The fraction of sp³-hybridized carbons (Fsp3) is 0.886. The first-order chi connectivity index (χ1) is 24.2. The molecule has 0 amide bonds. The molecule has 6 rings (SSSR count). The Bertz CT molecular complexity index is 1430. The third-order valence-electron chi connectivity index (χ3n) is 16.7. The maximum Gasteiger partial charge on any atom is 0.306 e. The molecule has 0 heterocycles. The molecule has 0 unspecified atom stereocenters. The fourth-order valence-corrected chi connectivity index (χ4v) is 13.5. The number of likely N-dealkylation sites (N-methyl/N-ethyl adjacent to an activating group) is 1. The number of carboxylic acid groups (broad SMARTS) is 1. The second-order valence-corrected chi connectivity index (χ2v) is 20.7. The summed E-state index contributed by atoms with van der Waals surface area (Å²) in [7, 11) is 4.24. The number of aliphatic hydroxyl groups excluding tert-OH is 1. The zero-order valence-electron chi connectivity index (χ0n) is 34.4. The summed E-state index contributed by atoms with van der Waals surface area (Å²) >= 11 is 0. The summed E-state index contributed by atoms with van der Waals surface area (Å²) < 4.78 is 6.12. The van der Waals surface area contributed by atoms with Gasteiger partial charge in [-0.1, -0.05) is 61.0 Å². The van der Waals surface area contributed by atoms with E-state index in [1.807, 2.05) is 0 Å². The van der Waals surface area contributed by atoms with Gasteiger partial charge in [0.05, 0.1) is 18.4 Å². The van der Waals surface area contributed by atoms with Crippen LogP contribution in [0.2, 0.25) is 0 Å². The molecule has 5 fully saturated rings. The quantitative estimate of drug-likeness (QED) is 0.187. The standard InChI is InChI=1S/C44H72N2O6/c1-27(2)37-31(47)24-44(34(48)26-46(22-21-45(9)10)25-29-11-12-29)20-19-42(7)30(38(37)44)13-14-33-41(6)17-16-35(52-36(49)23-28(3)39(50)51)40(4,5)32(41)15-18-43(33,42)8/h27-30,32-35,48H,11-26H2,1-10H3,(H,50,51)/t28-,30-,32+,33-,34+,35+,41+,42-,43-,44+/m1/s1. The van der Waals surface area contributed by atoms with Crippen LogP contribution in [0.5, 0.6) is 0 Å². The Morgan fingerprint density at radius 1 is 0.865 bits per heavy atom. The van der Waals surface area contributed by atoms with Crippen LogP contribution in [0, 0.1) is 62.6 Å². The number of fused-ring (bicyclic) bond motifs is 7. The first-order valence-corrected chi connectivity index (χ1v) is 21.0. The number of nitrogens with zero attached hydrogens (tertiary/aromatic N) is 2. The van der Waals surface area contributed by atoms with Crippen molar-refractivity contribution in [2.24, 2.45) is 62.6 Å². The predicted octanol–water partition coefficient (Wildman–Crippen LogP) is 7.62. The molecule has 0 aromatic carbocycles. The highest BCUT2D eigenvalue weighted by atomic mass is 16.5. The number of hydrogen-bond acceptors (Lipinski definition) is 7. The Balaban J connectivity index is 1.28. The van der Waals surface area contributed by atoms with Crippen LogP contribution in [0.4, 0.5) is 0 Å². The lowest BCUT2D eigenvalue weighted by Crippen LogP contribution is -2.66. The highest BCUT2D eigenvalue weighted by Gasteiger charge is 2.70. The second-order valence-electron chi connectivity index (χ2n) is 20.7. The maximum absolute atomic E-state index is 14.2. The van der Waals surface area contributed by atoms with Crippen molar-refractivity contribution in [2.75, 3.05) is 40.3 Å². The van der Waals surface area contributed by atoms with Crippen molar-refractivity contribution in [3.8, 4) is 0 Å². The minimum Gasteiger partial charge on any atom is -0.481 e. The van der Waals surface area contributed by atoms with Gasteiger partial charge in [0.1, 0.15) is 6.10 Å². The van der Waals surface area contributed by atoms with Gasteiger partial charge in [-0.25, -0.2) is 0 Å². The fourth-order valence-electron chi connectivity index (χ4n) is 13.5. The third-order valence-corrected chi connectivity index (χ3v) is 16.7. The Labute approximate surface area is 314 Å². The Hall–Kier alpha value is -1.77. The summed E-state index contributed by atoms with van der Waals surface area (Å²) in [5.74, 6) is 0.256. The van der Waals surface area contributed by atoms with Gasteiger partial charge < -0.3 is 19.8 Å². The molecule has 0 bridgehead atoms. The minimum absolute atomic E-state index is 0.0201. The average molecular weight is 725 g/mol. The number of Topliss-reactive ketones (excluding diaryl/α,β-unsaturated/α-hetero) is 1. The molecule has 0 spiro atoms. The average Bonchev–Trinajstić information content (AvgIpc) is 3.80. The molecule has 8 nitrogen and oxygen atoms in total. The first kappa shape index (κ1) is 39.9. The molecular formula is C44H72N2O6. The SMILES string of the molecule is CC(C)C1=C2[C@H]3CC[C@@H]4[C@@]5(C)CC[C@H](OC(=O)C[C@@H](C)C(=O)O)C(C)(C)[C@@H]5CC[C@@]4(C)[C@]3(C)CC[C@@]2([C@@H](O)CN(CCN(C)C)CC2CC2)CC1=O. The lowest BCUT2D eigenvalue weighted by molar-refractivity contribution is -0.235. The number of hydrogen-bond donors (Lipinski definition) is 2. The summed E-state index contributed by atoms with van der Waals surface area (Å²) in [6.45, 7) is 21.8. The topological polar surface area (TPSA) is 107 Å². The monoisotopic (exact) mass is 725 g/mol. The number of allylic oxidation sites excluding steroid dienone is 1. The molecule has 0 saturated heterocycles. The van der Waals surface area contributed by atoms with Crippen LogP contribution in [0.3, 0.4) is 0 Å². The van der Waals surface area contributed by atoms with E-state index >= 15 is 0 Å². The van der Waals surface area contributed by atoms with E-state index in [4.69, 9.17) is 4.74 Å². The van der Waals surface area contributed by atoms with Crippen LogP contribution in [0.15, 0.2) is 11.1 Å². The van der Waals surface area contributed by atoms with Gasteiger partial charge in [0.25, 0.3) is 0 Å². The summed E-state index contributed by atoms with van der Waals surface area (Å²) in [4.78, 5) is 43.3. The van der Waals surface area contributed by atoms with Crippen molar-refractivity contribution < 1.29 is 29.3 Å². The maximum atomic E-state index is 14.2. The van der Waals surface area contributed by atoms with E-state index in [-0.39, 0.29) is 45.9 Å². The van der Waals surface area contributed by atoms with Crippen molar-refractivity contribution in [3.05, 3.63) is 11.1 Å². The van der Waals surface area contributed by atoms with Gasteiger partial charge in [-0.15, -0.1) is 0 Å². The molecule has 10 atom stereocenters. The molecule has 0 aliphatic heterocycles. The van der Waals surface area contributed by atoms with Crippen molar-refractivity contribution in [2.45, 2.75) is 145 Å². The molecule has 0 aromatic rings. The van der Waals surface area contributed by atoms with Crippen molar-refractivity contribution >= 4 is 17.7 Å². The number of esters is 1. The molecular weight excluding hydrogens is 652 g/mol. The number of rotatable bonds is 13. The molecule has 6 aliphatic rings. The number of aliphatic carboxylic acids is 1. The zero-order valence-corrected chi connectivity index (χ0v) is 34.4. The van der Waals surface area contributed by atoms with Gasteiger partial charge in [-0.3, -0.25) is 19.3 Å². The largest absolute Gasteiger partial charge is 0.481 e. The normalized spacial score (nSPS) is 39.5. The minimum atomic E-state index is -0.966. The van der Waals surface area contributed by atoms with Gasteiger partial charge in [-0.05, 0) is 130 Å². The van der Waals surface area contributed by atoms with Gasteiger partial charge in [-0.2, -0.15) is 0 Å². The van der Waals surface area contributed by atoms with Crippen LogP contribution in [-0.4, -0.2) is 90.2 Å². The van der Waals surface area contributed by atoms with E-state index in [2.05, 4.69) is 72.4 Å². The van der Waals surface area contributed by atoms with E-state index in [0.29, 0.717) is 30.7 Å². The highest BCUT2D eigenvalue weighted by molar-refractivity contribution is 6.00. The van der Waals surface area contributed by atoms with Gasteiger partial charge in [0, 0.05) is 43.4 Å². The number of aliphatic hydroxyl groups is 1. The van der Waals surface area contributed by atoms with Crippen LogP contribution in [-0.2, 0) is 19.1 Å². The third kappa shape index (κ3) is 6.54. The number of carboxylic acids is 1. The lowest BCUT2D eigenvalue weighted by Gasteiger charge is -2.72. The van der Waals surface area contributed by atoms with E-state index < -0.39 is 29.4 Å². The molecule has 5 saturated carbocycles. The van der Waals surface area contributed by atoms with Crippen molar-refractivity contribution in [3.63, 3.8) is 0 Å². The van der Waals surface area contributed by atoms with Crippen LogP contribution in [0.1, 0.15) is 132 Å². The Morgan fingerprint density at radius 2 is 1.56 bits per heavy atom. The van der Waals surface area contributed by atoms with Crippen LogP contribution >= 0.6 is 0 Å². The van der Waals surface area contributed by atoms with Crippen molar-refractivity contribution in [1.29, 1.82) is 0 Å². The zero-order chi connectivity index (χ0) is 38.2. The molecule has 52 heavy (non-hydrogen) atoms. The van der Waals surface area contributed by atoms with Gasteiger partial charge in [0.2, 0.25) is 0 Å². The van der Waals surface area contributed by atoms with E-state index in [1.165, 1.54) is 18.4 Å². The van der Waals surface area contributed by atoms with Crippen molar-refractivity contribution in [1.82, 2.24) is 9.80 Å².